The highest BCUT2D eigenvalue weighted by molar-refractivity contribution is 8.00. The van der Waals surface area contributed by atoms with E-state index in [2.05, 4.69) is 10.1 Å². The molecule has 0 saturated heterocycles. The zero-order chi connectivity index (χ0) is 22.3. The van der Waals surface area contributed by atoms with Crippen LogP contribution < -0.4 is 5.32 Å². The normalized spacial score (nSPS) is 10.3. The lowest BCUT2D eigenvalue weighted by Crippen LogP contribution is -2.22. The summed E-state index contributed by atoms with van der Waals surface area (Å²) in [6, 6.07) is 7.03. The minimum atomic E-state index is -0.720. The Labute approximate surface area is 185 Å². The maximum Gasteiger partial charge on any atom is 0.348 e. The van der Waals surface area contributed by atoms with Gasteiger partial charge in [0.05, 0.1) is 30.6 Å². The Morgan fingerprint density at radius 3 is 2.40 bits per heavy atom. The number of rotatable bonds is 8. The monoisotopic (exact) mass is 471 g/mol. The fourth-order valence-corrected chi connectivity index (χ4v) is 4.45. The number of nitrogens with one attached hydrogen (secondary N) is 1. The lowest BCUT2D eigenvalue weighted by molar-refractivity contribution is -0.144. The van der Waals surface area contributed by atoms with Crippen LogP contribution >= 0.6 is 34.7 Å². The van der Waals surface area contributed by atoms with E-state index in [-0.39, 0.29) is 21.2 Å². The number of hydrogen-bond donors (Lipinski definition) is 1. The number of anilines is 1. The van der Waals surface area contributed by atoms with Crippen LogP contribution in [0.2, 0.25) is 5.02 Å². The van der Waals surface area contributed by atoms with E-state index >= 15 is 0 Å². The molecule has 0 atom stereocenters. The first-order valence-corrected chi connectivity index (χ1v) is 10.6. The average Bonchev–Trinajstić information content (AvgIpc) is 3.06. The molecule has 1 aromatic heterocycles. The van der Waals surface area contributed by atoms with Crippen LogP contribution in [0, 0.1) is 6.92 Å². The average molecular weight is 472 g/mol. The third kappa shape index (κ3) is 5.97. The number of methoxy groups -OCH3 is 2. The van der Waals surface area contributed by atoms with E-state index in [9.17, 15) is 19.2 Å². The number of hydrogen-bond acceptors (Lipinski definition) is 9. The first-order chi connectivity index (χ1) is 14.3. The van der Waals surface area contributed by atoms with E-state index in [1.54, 1.807) is 24.3 Å². The van der Waals surface area contributed by atoms with Crippen LogP contribution in [0.25, 0.3) is 0 Å². The third-order valence-corrected chi connectivity index (χ3v) is 6.38. The number of amides is 1. The minimum absolute atomic E-state index is 0.0327. The number of esters is 3. The molecule has 8 nitrogen and oxygen atoms in total. The molecule has 30 heavy (non-hydrogen) atoms. The predicted molar refractivity (Wildman–Crippen MR) is 113 cm³/mol. The van der Waals surface area contributed by atoms with Gasteiger partial charge in [-0.05, 0) is 24.6 Å². The zero-order valence-corrected chi connectivity index (χ0v) is 18.7. The summed E-state index contributed by atoms with van der Waals surface area (Å²) in [5, 5.41) is 3.08. The SMILES string of the molecule is COC(=O)c1sc(NC(=O)COC(=O)CSc2ccccc2Cl)c(C(=O)OC)c1C. The Hall–Kier alpha value is -2.56. The van der Waals surface area contributed by atoms with Crippen molar-refractivity contribution in [1.29, 1.82) is 0 Å². The highest BCUT2D eigenvalue weighted by Gasteiger charge is 2.27. The molecule has 2 rings (SSSR count). The number of benzene rings is 1. The largest absolute Gasteiger partial charge is 0.465 e. The molecule has 0 aliphatic carbocycles. The smallest absolute Gasteiger partial charge is 0.348 e. The second-order valence-corrected chi connectivity index (χ2v) is 8.12. The Morgan fingerprint density at radius 2 is 1.77 bits per heavy atom. The molecule has 1 aromatic carbocycles. The summed E-state index contributed by atoms with van der Waals surface area (Å²) < 4.78 is 14.3. The summed E-state index contributed by atoms with van der Waals surface area (Å²) in [6.07, 6.45) is 0. The second-order valence-electron chi connectivity index (χ2n) is 5.67. The van der Waals surface area contributed by atoms with Gasteiger partial charge in [0.15, 0.2) is 6.61 Å². The first-order valence-electron chi connectivity index (χ1n) is 8.41. The molecule has 1 N–H and O–H groups in total. The van der Waals surface area contributed by atoms with Crippen molar-refractivity contribution in [2.45, 2.75) is 11.8 Å². The summed E-state index contributed by atoms with van der Waals surface area (Å²) in [5.74, 6) is -2.68. The van der Waals surface area contributed by atoms with Crippen molar-refractivity contribution in [3.63, 3.8) is 0 Å². The van der Waals surface area contributed by atoms with Gasteiger partial charge < -0.3 is 19.5 Å². The van der Waals surface area contributed by atoms with Gasteiger partial charge in [-0.1, -0.05) is 23.7 Å². The molecule has 0 aliphatic rings. The highest BCUT2D eigenvalue weighted by Crippen LogP contribution is 2.34. The molecule has 0 radical (unpaired) electrons. The summed E-state index contributed by atoms with van der Waals surface area (Å²) in [7, 11) is 2.39. The van der Waals surface area contributed by atoms with Gasteiger partial charge in [0.1, 0.15) is 9.88 Å². The quantitative estimate of drug-likeness (QED) is 0.353. The van der Waals surface area contributed by atoms with E-state index in [1.165, 1.54) is 32.9 Å². The molecule has 0 fully saturated rings. The van der Waals surface area contributed by atoms with Crippen LogP contribution in [0.3, 0.4) is 0 Å². The fraction of sp³-hybridized carbons (Fsp3) is 0.263. The number of thiophene rings is 1. The van der Waals surface area contributed by atoms with E-state index in [0.717, 1.165) is 11.3 Å². The van der Waals surface area contributed by atoms with Gasteiger partial charge in [-0.15, -0.1) is 23.1 Å². The van der Waals surface area contributed by atoms with Gasteiger partial charge in [0, 0.05) is 4.90 Å². The topological polar surface area (TPSA) is 108 Å². The molecule has 0 aliphatic heterocycles. The van der Waals surface area contributed by atoms with Crippen LogP contribution in [0.4, 0.5) is 5.00 Å². The van der Waals surface area contributed by atoms with Crippen molar-refractivity contribution < 1.29 is 33.4 Å². The lowest BCUT2D eigenvalue weighted by atomic mass is 10.1. The summed E-state index contributed by atoms with van der Waals surface area (Å²) in [5.41, 5.74) is 0.360. The van der Waals surface area contributed by atoms with Gasteiger partial charge in [-0.2, -0.15) is 0 Å². The van der Waals surface area contributed by atoms with Gasteiger partial charge in [-0.3, -0.25) is 9.59 Å². The Balaban J connectivity index is 1.98. The zero-order valence-electron chi connectivity index (χ0n) is 16.3. The molecule has 1 amide bonds. The fourth-order valence-electron chi connectivity index (χ4n) is 2.29. The van der Waals surface area contributed by atoms with Gasteiger partial charge in [0.2, 0.25) is 0 Å². The Bertz CT molecular complexity index is 974. The lowest BCUT2D eigenvalue weighted by Gasteiger charge is -2.07. The molecule has 2 aromatic rings. The summed E-state index contributed by atoms with van der Waals surface area (Å²) in [6.45, 7) is 0.976. The van der Waals surface area contributed by atoms with Crippen molar-refractivity contribution >= 4 is 63.5 Å². The van der Waals surface area contributed by atoms with Gasteiger partial charge in [-0.25, -0.2) is 9.59 Å². The number of thioether (sulfide) groups is 1. The second kappa shape index (κ2) is 11.0. The van der Waals surface area contributed by atoms with Crippen LogP contribution in [0.5, 0.6) is 0 Å². The standard InChI is InChI=1S/C19H18ClNO7S2/c1-10-15(18(24)26-2)17(30-16(10)19(25)27-3)21-13(22)8-28-14(23)9-29-12-7-5-4-6-11(12)20/h4-7H,8-9H2,1-3H3,(H,21,22). The van der Waals surface area contributed by atoms with E-state index in [4.69, 9.17) is 21.1 Å². The van der Waals surface area contributed by atoms with Crippen LogP contribution in [0.1, 0.15) is 25.6 Å². The van der Waals surface area contributed by atoms with Gasteiger partial charge in [0.25, 0.3) is 5.91 Å². The molecular weight excluding hydrogens is 454 g/mol. The van der Waals surface area contributed by atoms with Crippen molar-refractivity contribution in [1.82, 2.24) is 0 Å². The predicted octanol–water partition coefficient (Wildman–Crippen LogP) is 3.56. The van der Waals surface area contributed by atoms with Crippen molar-refractivity contribution in [2.75, 3.05) is 31.9 Å². The summed E-state index contributed by atoms with van der Waals surface area (Å²) in [4.78, 5) is 48.9. The number of halogens is 1. The van der Waals surface area contributed by atoms with Crippen molar-refractivity contribution in [2.24, 2.45) is 0 Å². The Kier molecular flexibility index (Phi) is 8.70. The molecule has 11 heteroatoms. The molecule has 0 spiro atoms. The molecule has 0 bridgehead atoms. The van der Waals surface area contributed by atoms with E-state index in [1.807, 2.05) is 0 Å². The van der Waals surface area contributed by atoms with E-state index in [0.29, 0.717) is 15.5 Å². The van der Waals surface area contributed by atoms with Gasteiger partial charge >= 0.3 is 17.9 Å². The van der Waals surface area contributed by atoms with E-state index < -0.39 is 30.4 Å². The van der Waals surface area contributed by atoms with Crippen molar-refractivity contribution in [3.05, 3.63) is 45.3 Å². The third-order valence-electron chi connectivity index (χ3n) is 3.71. The minimum Gasteiger partial charge on any atom is -0.465 e. The molecule has 1 heterocycles. The maximum atomic E-state index is 12.2. The molecule has 160 valence electrons. The Morgan fingerprint density at radius 1 is 1.10 bits per heavy atom. The van der Waals surface area contributed by atoms with Crippen LogP contribution in [-0.4, -0.2) is 50.4 Å². The first kappa shape index (κ1) is 23.7. The highest BCUT2D eigenvalue weighted by atomic mass is 35.5. The van der Waals surface area contributed by atoms with Crippen LogP contribution in [0.15, 0.2) is 29.2 Å². The number of carbonyl (C=O) groups is 4. The van der Waals surface area contributed by atoms with Crippen molar-refractivity contribution in [3.8, 4) is 0 Å². The molecular formula is C19H18ClNO7S2. The number of ether oxygens (including phenoxy) is 3. The molecule has 0 saturated carbocycles. The number of carbonyl (C=O) groups excluding carboxylic acids is 4. The summed E-state index contributed by atoms with van der Waals surface area (Å²) >= 11 is 8.07. The van der Waals surface area contributed by atoms with Crippen LogP contribution in [-0.2, 0) is 23.8 Å². The molecule has 0 unspecified atom stereocenters. The maximum absolute atomic E-state index is 12.2.